The van der Waals surface area contributed by atoms with Crippen molar-refractivity contribution in [3.8, 4) is 0 Å². The van der Waals surface area contributed by atoms with Crippen LogP contribution in [0.15, 0.2) is 115 Å². The summed E-state index contributed by atoms with van der Waals surface area (Å²) in [6.45, 7) is 8.28. The van der Waals surface area contributed by atoms with Gasteiger partial charge in [0.05, 0.1) is 0 Å². The highest BCUT2D eigenvalue weighted by atomic mass is 19.1. The lowest BCUT2D eigenvalue weighted by Gasteiger charge is -2.21. The standard InChI is InChI=1S/C35H47FO.C7H6.H2O/c1-5-6-7-12-26(2)30-14-11-15-31(24-23-30)32-21-19-29(20-22-32)13-10-16-33(28(4)37)25-27(3)34-17-8-9-18-35(34)36;1-2-4-6-7-5-3-1;/h6-10,16-22,26-27,30-31,33H,5,11-15,23-25H2,1-4H3;1-6H;1H2/b7-6-,16-10-;;. The lowest BCUT2D eigenvalue weighted by molar-refractivity contribution is -0.119. The van der Waals surface area contributed by atoms with Crippen molar-refractivity contribution >= 4 is 5.78 Å². The molecule has 0 heterocycles. The first-order chi connectivity index (χ1) is 21.4. The summed E-state index contributed by atoms with van der Waals surface area (Å²) in [6.07, 6.45) is 30.8. The fourth-order valence-corrected chi connectivity index (χ4v) is 6.37. The predicted molar refractivity (Wildman–Crippen MR) is 190 cm³/mol. The third-order valence-corrected chi connectivity index (χ3v) is 9.19. The maximum atomic E-state index is 14.2. The van der Waals surface area contributed by atoms with Crippen molar-refractivity contribution in [3.63, 3.8) is 0 Å². The highest BCUT2D eigenvalue weighted by molar-refractivity contribution is 5.80. The van der Waals surface area contributed by atoms with Crippen molar-refractivity contribution in [1.29, 1.82) is 0 Å². The third-order valence-electron chi connectivity index (χ3n) is 9.19. The molecule has 2 nitrogen and oxygen atoms in total. The Balaban J connectivity index is 0.000000776. The molecular weight excluding hydrogens is 555 g/mol. The van der Waals surface area contributed by atoms with Gasteiger partial charge in [-0.15, -0.1) is 5.73 Å². The fourth-order valence-electron chi connectivity index (χ4n) is 6.37. The summed E-state index contributed by atoms with van der Waals surface area (Å²) in [5, 5.41) is 0. The van der Waals surface area contributed by atoms with E-state index < -0.39 is 0 Å². The second-order valence-corrected chi connectivity index (χ2v) is 12.6. The van der Waals surface area contributed by atoms with E-state index in [4.69, 9.17) is 0 Å². The highest BCUT2D eigenvalue weighted by Gasteiger charge is 2.23. The smallest absolute Gasteiger partial charge is 0.136 e. The summed E-state index contributed by atoms with van der Waals surface area (Å²) in [5.41, 5.74) is 6.36. The van der Waals surface area contributed by atoms with Crippen molar-refractivity contribution in [2.75, 3.05) is 0 Å². The van der Waals surface area contributed by atoms with E-state index in [2.05, 4.69) is 62.1 Å². The van der Waals surface area contributed by atoms with Gasteiger partial charge < -0.3 is 5.48 Å². The summed E-state index contributed by atoms with van der Waals surface area (Å²) >= 11 is 0. The molecule has 5 atom stereocenters. The quantitative estimate of drug-likeness (QED) is 0.134. The zero-order valence-electron chi connectivity index (χ0n) is 27.9. The number of carbonyl (C=O) groups excluding carboxylic acids is 1. The largest absolute Gasteiger partial charge is 0.412 e. The molecule has 0 saturated heterocycles. The average Bonchev–Trinajstić information content (AvgIpc) is 3.48. The Hall–Kier alpha value is -3.52. The molecule has 0 radical (unpaired) electrons. The molecule has 2 aromatic rings. The minimum atomic E-state index is -0.191. The van der Waals surface area contributed by atoms with Crippen LogP contribution in [0.25, 0.3) is 0 Å². The average molecular weight is 611 g/mol. The van der Waals surface area contributed by atoms with Crippen molar-refractivity contribution in [3.05, 3.63) is 138 Å². The van der Waals surface area contributed by atoms with E-state index in [1.54, 1.807) is 13.0 Å². The van der Waals surface area contributed by atoms with Gasteiger partial charge in [0, 0.05) is 5.92 Å². The third kappa shape index (κ3) is 13.6. The second kappa shape index (κ2) is 21.3. The summed E-state index contributed by atoms with van der Waals surface area (Å²) < 4.78 is 14.2. The minimum Gasteiger partial charge on any atom is -0.412 e. The molecule has 3 heteroatoms. The zero-order chi connectivity index (χ0) is 31.6. The van der Waals surface area contributed by atoms with Crippen LogP contribution in [-0.2, 0) is 11.2 Å². The molecule has 1 fully saturated rings. The van der Waals surface area contributed by atoms with E-state index in [0.717, 1.165) is 24.7 Å². The van der Waals surface area contributed by atoms with Crippen molar-refractivity contribution in [1.82, 2.24) is 0 Å². The molecule has 2 aromatic carbocycles. The molecule has 45 heavy (non-hydrogen) atoms. The number of benzene rings is 2. The van der Waals surface area contributed by atoms with Gasteiger partial charge in [-0.3, -0.25) is 4.79 Å². The summed E-state index contributed by atoms with van der Waals surface area (Å²) in [5.74, 6) is 2.06. The SMILES string of the molecule is C1=CC=CC=CC=1.CC/C=C\CC(C)C1CCCC(c2ccc(C/C=C\C(CC(C)c3ccccc3F)C(C)=O)cc2)CC1.O. The molecule has 242 valence electrons. The van der Waals surface area contributed by atoms with E-state index in [-0.39, 0.29) is 28.9 Å². The number of rotatable bonds is 12. The van der Waals surface area contributed by atoms with Gasteiger partial charge in [-0.05, 0) is 110 Å². The molecule has 0 aliphatic heterocycles. The maximum absolute atomic E-state index is 14.2. The summed E-state index contributed by atoms with van der Waals surface area (Å²) in [7, 11) is 0. The Bertz CT molecular complexity index is 1310. The van der Waals surface area contributed by atoms with Gasteiger partial charge >= 0.3 is 0 Å². The Morgan fingerprint density at radius 2 is 1.62 bits per heavy atom. The zero-order valence-corrected chi connectivity index (χ0v) is 27.9. The number of carbonyl (C=O) groups is 1. The van der Waals surface area contributed by atoms with Crippen LogP contribution in [0.4, 0.5) is 4.39 Å². The molecule has 2 aliphatic carbocycles. The highest BCUT2D eigenvalue weighted by Crippen LogP contribution is 2.38. The molecule has 2 aliphatic rings. The number of allylic oxidation sites excluding steroid dienone is 9. The Labute approximate surface area is 272 Å². The number of hydrogen-bond acceptors (Lipinski definition) is 1. The normalized spacial score (nSPS) is 19.7. The first kappa shape index (κ1) is 37.7. The molecule has 2 N–H and O–H groups in total. The van der Waals surface area contributed by atoms with Gasteiger partial charge in [-0.2, -0.15) is 0 Å². The molecule has 0 aromatic heterocycles. The van der Waals surface area contributed by atoms with Gasteiger partial charge in [0.15, 0.2) is 0 Å². The van der Waals surface area contributed by atoms with Gasteiger partial charge in [-0.1, -0.05) is 125 Å². The number of halogens is 1. The van der Waals surface area contributed by atoms with Crippen LogP contribution < -0.4 is 0 Å². The van der Waals surface area contributed by atoms with Crippen LogP contribution in [0.5, 0.6) is 0 Å². The second-order valence-electron chi connectivity index (χ2n) is 12.6. The number of ketones is 1. The van der Waals surface area contributed by atoms with Crippen LogP contribution in [0.3, 0.4) is 0 Å². The minimum absolute atomic E-state index is 0. The van der Waals surface area contributed by atoms with Gasteiger partial charge in [0.25, 0.3) is 0 Å². The molecule has 0 amide bonds. The maximum Gasteiger partial charge on any atom is 0.136 e. The molecule has 5 unspecified atom stereocenters. The van der Waals surface area contributed by atoms with Crippen LogP contribution in [0.1, 0.15) is 108 Å². The number of Topliss-reactive ketones (excluding diaryl/α,β-unsaturated/α-hetero) is 1. The van der Waals surface area contributed by atoms with E-state index in [9.17, 15) is 9.18 Å². The van der Waals surface area contributed by atoms with Crippen molar-refractivity contribution < 1.29 is 14.7 Å². The van der Waals surface area contributed by atoms with Gasteiger partial charge in [0.1, 0.15) is 11.6 Å². The lowest BCUT2D eigenvalue weighted by atomic mass is 9.84. The predicted octanol–water partition coefficient (Wildman–Crippen LogP) is 11.0. The fraction of sp³-hybridized carbons (Fsp3) is 0.429. The summed E-state index contributed by atoms with van der Waals surface area (Å²) in [4.78, 5) is 12.3. The van der Waals surface area contributed by atoms with E-state index >= 15 is 0 Å². The van der Waals surface area contributed by atoms with Crippen molar-refractivity contribution in [2.45, 2.75) is 97.3 Å². The summed E-state index contributed by atoms with van der Waals surface area (Å²) in [6, 6.07) is 16.0. The van der Waals surface area contributed by atoms with Crippen LogP contribution in [0.2, 0.25) is 0 Å². The van der Waals surface area contributed by atoms with Crippen LogP contribution in [-0.4, -0.2) is 11.3 Å². The molecule has 0 spiro atoms. The first-order valence-electron chi connectivity index (χ1n) is 16.8. The van der Waals surface area contributed by atoms with E-state index in [1.807, 2.05) is 61.6 Å². The van der Waals surface area contributed by atoms with Gasteiger partial charge in [-0.25, -0.2) is 4.39 Å². The molecular formula is C42H55FO2. The molecule has 4 rings (SSSR count). The Morgan fingerprint density at radius 1 is 0.911 bits per heavy atom. The lowest BCUT2D eigenvalue weighted by Crippen LogP contribution is -2.12. The number of hydrogen-bond donors (Lipinski definition) is 0. The van der Waals surface area contributed by atoms with E-state index in [1.165, 1.54) is 55.7 Å². The topological polar surface area (TPSA) is 48.6 Å². The monoisotopic (exact) mass is 610 g/mol. The Kier molecular flexibility index (Phi) is 17.8. The van der Waals surface area contributed by atoms with Crippen LogP contribution >= 0.6 is 0 Å². The Morgan fingerprint density at radius 3 is 2.29 bits per heavy atom. The first-order valence-corrected chi connectivity index (χ1v) is 16.8. The van der Waals surface area contributed by atoms with E-state index in [0.29, 0.717) is 17.9 Å². The molecule has 0 bridgehead atoms. The van der Waals surface area contributed by atoms with Gasteiger partial charge in [0.2, 0.25) is 0 Å². The molecule has 1 saturated carbocycles. The van der Waals surface area contributed by atoms with Crippen molar-refractivity contribution in [2.24, 2.45) is 17.8 Å². The van der Waals surface area contributed by atoms with Crippen LogP contribution in [0, 0.1) is 23.6 Å².